The predicted octanol–water partition coefficient (Wildman–Crippen LogP) is -2.82. The molecule has 15 heavy (non-hydrogen) atoms. The van der Waals surface area contributed by atoms with Crippen LogP contribution in [-0.4, -0.2) is 41.9 Å². The predicted molar refractivity (Wildman–Crippen MR) is 47.4 cm³/mol. The lowest BCUT2D eigenvalue weighted by Crippen LogP contribution is -2.48. The minimum absolute atomic E-state index is 0.302. The molecule has 0 aromatic heterocycles. The standard InChI is InChI=1S/C7H11N3O5/c8-7(15)4(1-6(13)14)10-5(12)2-9-3-11/h3-4H,1-2H2,(H2,8,15)(H,9,11)(H,10,12)(H,13,14). The maximum Gasteiger partial charge on any atom is 0.305 e. The van der Waals surface area contributed by atoms with Crippen molar-refractivity contribution in [2.75, 3.05) is 6.54 Å². The molecular formula is C7H11N3O5. The van der Waals surface area contributed by atoms with E-state index in [2.05, 4.69) is 10.6 Å². The van der Waals surface area contributed by atoms with Crippen molar-refractivity contribution >= 4 is 24.2 Å². The quantitative estimate of drug-likeness (QED) is 0.340. The molecule has 5 N–H and O–H groups in total. The number of hydrogen-bond acceptors (Lipinski definition) is 4. The van der Waals surface area contributed by atoms with Crippen LogP contribution in [0.3, 0.4) is 0 Å². The van der Waals surface area contributed by atoms with Gasteiger partial charge in [0.2, 0.25) is 18.2 Å². The van der Waals surface area contributed by atoms with E-state index in [0.717, 1.165) is 0 Å². The number of nitrogens with two attached hydrogens (primary N) is 1. The molecule has 0 aliphatic heterocycles. The molecule has 0 spiro atoms. The number of rotatable bonds is 7. The molecule has 0 radical (unpaired) electrons. The Kier molecular flexibility index (Phi) is 5.45. The molecule has 0 aliphatic carbocycles. The SMILES string of the molecule is NC(=O)C(CC(=O)O)NC(=O)CNC=O. The van der Waals surface area contributed by atoms with Gasteiger partial charge in [0.1, 0.15) is 6.04 Å². The molecule has 0 aromatic rings. The zero-order valence-corrected chi connectivity index (χ0v) is 7.73. The van der Waals surface area contributed by atoms with Crippen LogP contribution in [0.1, 0.15) is 6.42 Å². The Bertz CT molecular complexity index is 278. The second kappa shape index (κ2) is 6.35. The molecular weight excluding hydrogens is 206 g/mol. The van der Waals surface area contributed by atoms with E-state index in [1.54, 1.807) is 0 Å². The Morgan fingerprint density at radius 1 is 1.40 bits per heavy atom. The monoisotopic (exact) mass is 217 g/mol. The fourth-order valence-corrected chi connectivity index (χ4v) is 0.777. The average Bonchev–Trinajstić information content (AvgIpc) is 2.12. The summed E-state index contributed by atoms with van der Waals surface area (Å²) in [6.45, 7) is -0.340. The molecule has 0 bridgehead atoms. The zero-order chi connectivity index (χ0) is 11.8. The van der Waals surface area contributed by atoms with Crippen LogP contribution in [0, 0.1) is 0 Å². The minimum atomic E-state index is -1.27. The van der Waals surface area contributed by atoms with Crippen molar-refractivity contribution < 1.29 is 24.3 Å². The van der Waals surface area contributed by atoms with Crippen molar-refractivity contribution in [2.24, 2.45) is 5.73 Å². The van der Waals surface area contributed by atoms with E-state index in [4.69, 9.17) is 10.8 Å². The van der Waals surface area contributed by atoms with Crippen LogP contribution in [0.4, 0.5) is 0 Å². The number of aliphatic carboxylic acids is 1. The maximum absolute atomic E-state index is 11.0. The van der Waals surface area contributed by atoms with Gasteiger partial charge in [0.05, 0.1) is 13.0 Å². The largest absolute Gasteiger partial charge is 0.481 e. The van der Waals surface area contributed by atoms with Crippen molar-refractivity contribution in [1.29, 1.82) is 0 Å². The molecule has 0 aliphatic rings. The topological polar surface area (TPSA) is 139 Å². The molecule has 0 fully saturated rings. The van der Waals surface area contributed by atoms with E-state index in [1.807, 2.05) is 0 Å². The maximum atomic E-state index is 11.0. The van der Waals surface area contributed by atoms with Crippen LogP contribution >= 0.6 is 0 Å². The minimum Gasteiger partial charge on any atom is -0.481 e. The van der Waals surface area contributed by atoms with E-state index < -0.39 is 30.2 Å². The molecule has 0 heterocycles. The fourth-order valence-electron chi connectivity index (χ4n) is 0.777. The number of carboxylic acid groups (broad SMARTS) is 1. The molecule has 3 amide bonds. The molecule has 1 atom stereocenters. The van der Waals surface area contributed by atoms with Gasteiger partial charge < -0.3 is 21.5 Å². The Labute approximate surface area is 84.8 Å². The molecule has 8 nitrogen and oxygen atoms in total. The summed E-state index contributed by atoms with van der Waals surface area (Å²) in [5.41, 5.74) is 4.86. The summed E-state index contributed by atoms with van der Waals surface area (Å²) in [6.07, 6.45) is -0.293. The summed E-state index contributed by atoms with van der Waals surface area (Å²) in [4.78, 5) is 41.8. The van der Waals surface area contributed by atoms with Crippen LogP contribution in [-0.2, 0) is 19.2 Å². The highest BCUT2D eigenvalue weighted by Gasteiger charge is 2.20. The normalized spacial score (nSPS) is 11.2. The summed E-state index contributed by atoms with van der Waals surface area (Å²) in [6, 6.07) is -1.27. The van der Waals surface area contributed by atoms with Crippen LogP contribution < -0.4 is 16.4 Å². The number of carboxylic acids is 1. The van der Waals surface area contributed by atoms with Gasteiger partial charge in [-0.2, -0.15) is 0 Å². The highest BCUT2D eigenvalue weighted by Crippen LogP contribution is 1.90. The highest BCUT2D eigenvalue weighted by molar-refractivity contribution is 5.90. The second-order valence-electron chi connectivity index (χ2n) is 2.62. The van der Waals surface area contributed by atoms with Gasteiger partial charge in [-0.25, -0.2) is 0 Å². The van der Waals surface area contributed by atoms with Crippen molar-refractivity contribution in [2.45, 2.75) is 12.5 Å². The van der Waals surface area contributed by atoms with Crippen LogP contribution in [0.15, 0.2) is 0 Å². The third-order valence-electron chi connectivity index (χ3n) is 1.40. The highest BCUT2D eigenvalue weighted by atomic mass is 16.4. The van der Waals surface area contributed by atoms with Gasteiger partial charge in [0.15, 0.2) is 0 Å². The first-order chi connectivity index (χ1) is 6.97. The van der Waals surface area contributed by atoms with Crippen LogP contribution in [0.25, 0.3) is 0 Å². The van der Waals surface area contributed by atoms with Gasteiger partial charge in [-0.05, 0) is 0 Å². The number of carbonyl (C=O) groups is 4. The molecule has 0 saturated heterocycles. The number of hydrogen-bond donors (Lipinski definition) is 4. The van der Waals surface area contributed by atoms with Gasteiger partial charge in [0, 0.05) is 0 Å². The molecule has 84 valence electrons. The molecule has 8 heteroatoms. The van der Waals surface area contributed by atoms with Crippen LogP contribution in [0.5, 0.6) is 0 Å². The summed E-state index contributed by atoms with van der Waals surface area (Å²) < 4.78 is 0. The van der Waals surface area contributed by atoms with E-state index in [-0.39, 0.29) is 6.54 Å². The van der Waals surface area contributed by atoms with E-state index in [9.17, 15) is 19.2 Å². The number of primary amides is 1. The summed E-state index contributed by atoms with van der Waals surface area (Å²) in [7, 11) is 0. The first kappa shape index (κ1) is 12.9. The Morgan fingerprint density at radius 3 is 2.40 bits per heavy atom. The number of carbonyl (C=O) groups excluding carboxylic acids is 3. The van der Waals surface area contributed by atoms with Crippen LogP contribution in [0.2, 0.25) is 0 Å². The second-order valence-corrected chi connectivity index (χ2v) is 2.62. The molecule has 1 unspecified atom stereocenters. The van der Waals surface area contributed by atoms with E-state index >= 15 is 0 Å². The summed E-state index contributed by atoms with van der Waals surface area (Å²) in [5.74, 6) is -2.90. The molecule has 0 saturated carbocycles. The van der Waals surface area contributed by atoms with Gasteiger partial charge >= 0.3 is 5.97 Å². The van der Waals surface area contributed by atoms with Crippen molar-refractivity contribution in [3.05, 3.63) is 0 Å². The number of nitrogens with one attached hydrogen (secondary N) is 2. The smallest absolute Gasteiger partial charge is 0.305 e. The van der Waals surface area contributed by atoms with E-state index in [1.165, 1.54) is 0 Å². The Balaban J connectivity index is 4.16. The molecule has 0 aromatic carbocycles. The zero-order valence-electron chi connectivity index (χ0n) is 7.73. The third-order valence-corrected chi connectivity index (χ3v) is 1.40. The lowest BCUT2D eigenvalue weighted by atomic mass is 10.2. The Morgan fingerprint density at radius 2 is 2.00 bits per heavy atom. The summed E-state index contributed by atoms with van der Waals surface area (Å²) >= 11 is 0. The summed E-state index contributed by atoms with van der Waals surface area (Å²) in [5, 5.41) is 12.5. The lowest BCUT2D eigenvalue weighted by molar-refractivity contribution is -0.140. The lowest BCUT2D eigenvalue weighted by Gasteiger charge is -2.12. The number of amides is 3. The first-order valence-corrected chi connectivity index (χ1v) is 3.95. The van der Waals surface area contributed by atoms with Gasteiger partial charge in [-0.1, -0.05) is 0 Å². The third kappa shape index (κ3) is 6.02. The van der Waals surface area contributed by atoms with E-state index in [0.29, 0.717) is 6.41 Å². The Hall–Kier alpha value is -2.12. The molecule has 0 rings (SSSR count). The van der Waals surface area contributed by atoms with Crippen molar-refractivity contribution in [3.8, 4) is 0 Å². The fraction of sp³-hybridized carbons (Fsp3) is 0.429. The average molecular weight is 217 g/mol. The van der Waals surface area contributed by atoms with Gasteiger partial charge in [-0.15, -0.1) is 0 Å². The van der Waals surface area contributed by atoms with Gasteiger partial charge in [0.25, 0.3) is 0 Å². The van der Waals surface area contributed by atoms with Gasteiger partial charge in [-0.3, -0.25) is 19.2 Å². The van der Waals surface area contributed by atoms with Crippen molar-refractivity contribution in [3.63, 3.8) is 0 Å². The van der Waals surface area contributed by atoms with Crippen molar-refractivity contribution in [1.82, 2.24) is 10.6 Å². The first-order valence-electron chi connectivity index (χ1n) is 3.95.